The van der Waals surface area contributed by atoms with Gasteiger partial charge in [-0.05, 0) is 37.6 Å². The molecule has 0 spiro atoms. The Hall–Kier alpha value is -3.06. The molecule has 3 aromatic rings. The van der Waals surface area contributed by atoms with Gasteiger partial charge in [0.2, 0.25) is 0 Å². The van der Waals surface area contributed by atoms with Gasteiger partial charge in [0, 0.05) is 17.5 Å². The van der Waals surface area contributed by atoms with Crippen LogP contribution < -0.4 is 19.7 Å². The van der Waals surface area contributed by atoms with Crippen molar-refractivity contribution >= 4 is 28.1 Å². The van der Waals surface area contributed by atoms with E-state index in [4.69, 9.17) is 14.5 Å². The fraction of sp³-hybridized carbons (Fsp3) is 0.304. The molecule has 5 rings (SSSR count). The Morgan fingerprint density at radius 2 is 2.07 bits per heavy atom. The van der Waals surface area contributed by atoms with E-state index in [1.54, 1.807) is 7.11 Å². The highest BCUT2D eigenvalue weighted by molar-refractivity contribution is 7.17. The van der Waals surface area contributed by atoms with E-state index in [0.29, 0.717) is 18.0 Å². The predicted octanol–water partition coefficient (Wildman–Crippen LogP) is 4.41. The number of benzene rings is 2. The van der Waals surface area contributed by atoms with Crippen molar-refractivity contribution in [2.24, 2.45) is 0 Å². The molecule has 0 radical (unpaired) electrons. The van der Waals surface area contributed by atoms with Gasteiger partial charge in [-0.1, -0.05) is 35.6 Å². The summed E-state index contributed by atoms with van der Waals surface area (Å²) in [5, 5.41) is 3.90. The van der Waals surface area contributed by atoms with E-state index < -0.39 is 0 Å². The summed E-state index contributed by atoms with van der Waals surface area (Å²) in [5.74, 6) is 1.60. The van der Waals surface area contributed by atoms with Gasteiger partial charge < -0.3 is 19.7 Å². The first-order valence-electron chi connectivity index (χ1n) is 9.95. The summed E-state index contributed by atoms with van der Waals surface area (Å²) in [4.78, 5) is 20.2. The number of amides is 1. The number of hydrogen-bond acceptors (Lipinski definition) is 6. The van der Waals surface area contributed by atoms with Gasteiger partial charge in [-0.3, -0.25) is 4.79 Å². The van der Waals surface area contributed by atoms with E-state index in [1.165, 1.54) is 11.3 Å². The number of nitrogens with zero attached hydrogens (tertiary/aromatic N) is 2. The van der Waals surface area contributed by atoms with E-state index in [2.05, 4.69) is 22.3 Å². The highest BCUT2D eigenvalue weighted by Crippen LogP contribution is 2.43. The Balaban J connectivity index is 1.52. The second-order valence-electron chi connectivity index (χ2n) is 8.17. The number of anilines is 2. The first-order chi connectivity index (χ1) is 14.4. The van der Waals surface area contributed by atoms with Crippen molar-refractivity contribution in [3.8, 4) is 22.6 Å². The Kier molecular flexibility index (Phi) is 4.43. The third-order valence-corrected chi connectivity index (χ3v) is 6.54. The molecule has 0 unspecified atom stereocenters. The lowest BCUT2D eigenvalue weighted by molar-refractivity contribution is 0.0901. The second-order valence-corrected chi connectivity index (χ2v) is 9.15. The predicted molar refractivity (Wildman–Crippen MR) is 118 cm³/mol. The number of hydrogen-bond donors (Lipinski definition) is 1. The van der Waals surface area contributed by atoms with Crippen molar-refractivity contribution in [1.29, 1.82) is 0 Å². The molecule has 2 aliphatic rings. The zero-order valence-electron chi connectivity index (χ0n) is 17.2. The van der Waals surface area contributed by atoms with Crippen LogP contribution in [0.25, 0.3) is 11.1 Å². The maximum Gasteiger partial charge on any atom is 0.263 e. The van der Waals surface area contributed by atoms with E-state index in [0.717, 1.165) is 45.6 Å². The van der Waals surface area contributed by atoms with Crippen molar-refractivity contribution in [1.82, 2.24) is 10.3 Å². The largest absolute Gasteiger partial charge is 0.496 e. The molecule has 0 saturated heterocycles. The number of thiazole rings is 1. The molecule has 154 valence electrons. The van der Waals surface area contributed by atoms with Gasteiger partial charge in [0.25, 0.3) is 5.91 Å². The van der Waals surface area contributed by atoms with Gasteiger partial charge >= 0.3 is 0 Å². The average molecular weight is 422 g/mol. The lowest BCUT2D eigenvalue weighted by Crippen LogP contribution is -2.48. The number of rotatable bonds is 3. The molecular formula is C23H23N3O3S. The van der Waals surface area contributed by atoms with Gasteiger partial charge in [-0.15, -0.1) is 0 Å². The Morgan fingerprint density at radius 3 is 2.90 bits per heavy atom. The first kappa shape index (κ1) is 18.9. The summed E-state index contributed by atoms with van der Waals surface area (Å²) in [7, 11) is 1.68. The number of methoxy groups -OCH3 is 1. The van der Waals surface area contributed by atoms with Crippen LogP contribution in [0.4, 0.5) is 10.8 Å². The topological polar surface area (TPSA) is 63.7 Å². The molecule has 2 aromatic carbocycles. The summed E-state index contributed by atoms with van der Waals surface area (Å²) >= 11 is 1.45. The van der Waals surface area contributed by atoms with E-state index >= 15 is 0 Å². The van der Waals surface area contributed by atoms with Crippen molar-refractivity contribution in [2.75, 3.05) is 25.2 Å². The Morgan fingerprint density at radius 1 is 1.23 bits per heavy atom. The van der Waals surface area contributed by atoms with Gasteiger partial charge in [0.05, 0.1) is 25.0 Å². The van der Waals surface area contributed by atoms with Crippen LogP contribution in [0, 0.1) is 0 Å². The maximum atomic E-state index is 12.5. The van der Waals surface area contributed by atoms with E-state index in [9.17, 15) is 4.79 Å². The number of para-hydroxylation sites is 1. The van der Waals surface area contributed by atoms with Gasteiger partial charge in [0.1, 0.15) is 23.0 Å². The summed E-state index contributed by atoms with van der Waals surface area (Å²) in [5.41, 5.74) is 3.62. The third-order valence-electron chi connectivity index (χ3n) is 5.43. The Labute approximate surface area is 179 Å². The molecule has 0 bridgehead atoms. The lowest BCUT2D eigenvalue weighted by Gasteiger charge is -2.29. The van der Waals surface area contributed by atoms with Crippen LogP contribution in [0.5, 0.6) is 11.5 Å². The van der Waals surface area contributed by atoms with Gasteiger partial charge in [-0.2, -0.15) is 0 Å². The molecule has 1 aromatic heterocycles. The molecule has 0 fully saturated rings. The Bertz CT molecular complexity index is 1140. The highest BCUT2D eigenvalue weighted by atomic mass is 32.1. The standard InChI is InChI=1S/C23H23N3O3S/c1-23(2)13-16-20(21(27)25-23)30-22(24-16)26-10-11-29-19-12-14(8-9-17(19)26)15-6-4-5-7-18(15)28-3/h4-9,12H,10-11,13H2,1-3H3,(H,25,27). The fourth-order valence-electron chi connectivity index (χ4n) is 4.05. The van der Waals surface area contributed by atoms with Crippen molar-refractivity contribution in [2.45, 2.75) is 25.8 Å². The van der Waals surface area contributed by atoms with Crippen LogP contribution in [0.15, 0.2) is 42.5 Å². The molecule has 2 aliphatic heterocycles. The number of carbonyl (C=O) groups excluding carboxylic acids is 1. The monoisotopic (exact) mass is 421 g/mol. The average Bonchev–Trinajstić information content (AvgIpc) is 3.16. The first-order valence-corrected chi connectivity index (χ1v) is 10.8. The summed E-state index contributed by atoms with van der Waals surface area (Å²) in [6.07, 6.45) is 0.731. The number of aromatic nitrogens is 1. The second kappa shape index (κ2) is 7.02. The highest BCUT2D eigenvalue weighted by Gasteiger charge is 2.34. The van der Waals surface area contributed by atoms with Crippen LogP contribution in [0.2, 0.25) is 0 Å². The summed E-state index contributed by atoms with van der Waals surface area (Å²) in [6.45, 7) is 5.30. The molecule has 7 heteroatoms. The van der Waals surface area contributed by atoms with Crippen LogP contribution >= 0.6 is 11.3 Å². The quantitative estimate of drug-likeness (QED) is 0.679. The molecule has 1 N–H and O–H groups in total. The van der Waals surface area contributed by atoms with Gasteiger partial charge in [0.15, 0.2) is 5.13 Å². The number of ether oxygens (including phenoxy) is 2. The number of carbonyl (C=O) groups is 1. The summed E-state index contributed by atoms with van der Waals surface area (Å²) < 4.78 is 11.5. The normalized spacial score (nSPS) is 16.9. The van der Waals surface area contributed by atoms with Crippen LogP contribution in [0.3, 0.4) is 0 Å². The van der Waals surface area contributed by atoms with Crippen LogP contribution in [0.1, 0.15) is 29.2 Å². The molecule has 0 saturated carbocycles. The van der Waals surface area contributed by atoms with Gasteiger partial charge in [-0.25, -0.2) is 4.98 Å². The third kappa shape index (κ3) is 3.19. The molecule has 6 nitrogen and oxygen atoms in total. The van der Waals surface area contributed by atoms with Crippen LogP contribution in [-0.2, 0) is 6.42 Å². The van der Waals surface area contributed by atoms with Crippen molar-refractivity contribution < 1.29 is 14.3 Å². The summed E-state index contributed by atoms with van der Waals surface area (Å²) in [6, 6.07) is 14.1. The zero-order chi connectivity index (χ0) is 20.9. The minimum Gasteiger partial charge on any atom is -0.496 e. The minimum atomic E-state index is -0.276. The van der Waals surface area contributed by atoms with E-state index in [-0.39, 0.29) is 11.4 Å². The lowest BCUT2D eigenvalue weighted by atomic mass is 9.94. The minimum absolute atomic E-state index is 0.0370. The number of fused-ring (bicyclic) bond motifs is 2. The SMILES string of the molecule is COc1ccccc1-c1ccc2c(c1)OCCN2c1nc2c(s1)C(=O)NC(C)(C)C2. The maximum absolute atomic E-state index is 12.5. The fourth-order valence-corrected chi connectivity index (χ4v) is 5.07. The molecule has 1 amide bonds. The van der Waals surface area contributed by atoms with E-state index in [1.807, 2.05) is 44.2 Å². The van der Waals surface area contributed by atoms with Crippen LogP contribution in [-0.4, -0.2) is 36.7 Å². The molecule has 0 atom stereocenters. The van der Waals surface area contributed by atoms with Crippen molar-refractivity contribution in [3.63, 3.8) is 0 Å². The molecule has 30 heavy (non-hydrogen) atoms. The molecule has 0 aliphatic carbocycles. The van der Waals surface area contributed by atoms with Crippen molar-refractivity contribution in [3.05, 3.63) is 53.0 Å². The smallest absolute Gasteiger partial charge is 0.263 e. The molecule has 3 heterocycles. The zero-order valence-corrected chi connectivity index (χ0v) is 18.0. The number of nitrogens with one attached hydrogen (secondary N) is 1. The molecular weight excluding hydrogens is 398 g/mol.